The van der Waals surface area contributed by atoms with Gasteiger partial charge in [0.15, 0.2) is 5.82 Å². The molecule has 2 aromatic rings. The van der Waals surface area contributed by atoms with Crippen LogP contribution in [0.2, 0.25) is 0 Å². The molecule has 0 aliphatic heterocycles. The summed E-state index contributed by atoms with van der Waals surface area (Å²) in [4.78, 5) is 16.2. The fourth-order valence-corrected chi connectivity index (χ4v) is 1.67. The second kappa shape index (κ2) is 7.22. The van der Waals surface area contributed by atoms with Gasteiger partial charge in [0, 0.05) is 18.9 Å². The van der Waals surface area contributed by atoms with Crippen molar-refractivity contribution < 1.29 is 14.4 Å². The highest BCUT2D eigenvalue weighted by Crippen LogP contribution is 2.07. The Bertz CT molecular complexity index is 683. The largest absolute Gasteiger partial charge is 0.395 e. The van der Waals surface area contributed by atoms with Crippen LogP contribution in [0.5, 0.6) is 0 Å². The van der Waals surface area contributed by atoms with Gasteiger partial charge in [-0.1, -0.05) is 29.1 Å². The zero-order chi connectivity index (χ0) is 15.1. The maximum atomic E-state index is 12.2. The first-order chi connectivity index (χ1) is 10.2. The van der Waals surface area contributed by atoms with Gasteiger partial charge in [-0.05, 0) is 12.1 Å². The number of carbonyl (C=O) groups is 1. The average molecular weight is 285 g/mol. The lowest BCUT2D eigenvalue weighted by Crippen LogP contribution is -2.24. The molecule has 0 spiro atoms. The van der Waals surface area contributed by atoms with Crippen LogP contribution in [0, 0.1) is 18.8 Å². The SMILES string of the molecule is Cc1nc(CNC(=O)c2ccccc2C#CCCO)no1. The van der Waals surface area contributed by atoms with E-state index in [1.807, 2.05) is 6.07 Å². The summed E-state index contributed by atoms with van der Waals surface area (Å²) < 4.78 is 4.83. The van der Waals surface area contributed by atoms with Crippen molar-refractivity contribution in [1.29, 1.82) is 0 Å². The van der Waals surface area contributed by atoms with Crippen LogP contribution in [-0.2, 0) is 6.54 Å². The molecule has 0 radical (unpaired) electrons. The Morgan fingerprint density at radius 2 is 2.24 bits per heavy atom. The number of rotatable bonds is 4. The molecule has 0 fully saturated rings. The molecule has 108 valence electrons. The van der Waals surface area contributed by atoms with Gasteiger partial charge in [-0.25, -0.2) is 0 Å². The van der Waals surface area contributed by atoms with Gasteiger partial charge >= 0.3 is 0 Å². The summed E-state index contributed by atoms with van der Waals surface area (Å²) in [6, 6.07) is 7.03. The minimum atomic E-state index is -0.258. The Balaban J connectivity index is 2.07. The highest BCUT2D eigenvalue weighted by molar-refractivity contribution is 5.96. The predicted molar refractivity (Wildman–Crippen MR) is 75.2 cm³/mol. The second-order valence-corrected chi connectivity index (χ2v) is 4.23. The number of nitrogens with zero attached hydrogens (tertiary/aromatic N) is 2. The average Bonchev–Trinajstić information content (AvgIpc) is 2.91. The van der Waals surface area contributed by atoms with Gasteiger partial charge in [0.2, 0.25) is 5.89 Å². The first-order valence-electron chi connectivity index (χ1n) is 6.47. The maximum absolute atomic E-state index is 12.2. The summed E-state index contributed by atoms with van der Waals surface area (Å²) in [5.74, 6) is 6.30. The monoisotopic (exact) mass is 285 g/mol. The number of aliphatic hydroxyl groups excluding tert-OH is 1. The Morgan fingerprint density at radius 1 is 1.43 bits per heavy atom. The summed E-state index contributed by atoms with van der Waals surface area (Å²) >= 11 is 0. The van der Waals surface area contributed by atoms with Gasteiger partial charge in [0.05, 0.1) is 18.7 Å². The molecule has 0 aliphatic carbocycles. The van der Waals surface area contributed by atoms with E-state index >= 15 is 0 Å². The van der Waals surface area contributed by atoms with Crippen molar-refractivity contribution in [2.75, 3.05) is 6.61 Å². The Hall–Kier alpha value is -2.65. The minimum Gasteiger partial charge on any atom is -0.395 e. The zero-order valence-electron chi connectivity index (χ0n) is 11.6. The fourth-order valence-electron chi connectivity index (χ4n) is 1.67. The third-order valence-electron chi connectivity index (χ3n) is 2.61. The fraction of sp³-hybridized carbons (Fsp3) is 0.267. The van der Waals surface area contributed by atoms with E-state index in [9.17, 15) is 4.79 Å². The van der Waals surface area contributed by atoms with Crippen molar-refractivity contribution in [3.63, 3.8) is 0 Å². The molecule has 2 N–H and O–H groups in total. The van der Waals surface area contributed by atoms with Crippen LogP contribution in [0.25, 0.3) is 0 Å². The summed E-state index contributed by atoms with van der Waals surface area (Å²) in [5.41, 5.74) is 1.09. The molecule has 0 saturated heterocycles. The standard InChI is InChI=1S/C15H15N3O3/c1-11-17-14(18-21-11)10-16-15(20)13-8-3-2-6-12(13)7-4-5-9-19/h2-3,6,8,19H,5,9-10H2,1H3,(H,16,20). The molecule has 6 heteroatoms. The number of aromatic nitrogens is 2. The van der Waals surface area contributed by atoms with Gasteiger partial charge in [0.1, 0.15) is 0 Å². The number of benzene rings is 1. The first kappa shape index (κ1) is 14.8. The highest BCUT2D eigenvalue weighted by atomic mass is 16.5. The molecule has 0 bridgehead atoms. The van der Waals surface area contributed by atoms with E-state index in [-0.39, 0.29) is 19.1 Å². The van der Waals surface area contributed by atoms with Crippen molar-refractivity contribution in [3.05, 3.63) is 47.1 Å². The van der Waals surface area contributed by atoms with Crippen LogP contribution in [-0.4, -0.2) is 27.8 Å². The first-order valence-corrected chi connectivity index (χ1v) is 6.47. The van der Waals surface area contributed by atoms with Gasteiger partial charge in [-0.2, -0.15) is 4.98 Å². The van der Waals surface area contributed by atoms with Crippen molar-refractivity contribution >= 4 is 5.91 Å². The lowest BCUT2D eigenvalue weighted by molar-refractivity contribution is 0.0949. The number of carbonyl (C=O) groups excluding carboxylic acids is 1. The van der Waals surface area contributed by atoms with Crippen LogP contribution in [0.4, 0.5) is 0 Å². The number of amides is 1. The van der Waals surface area contributed by atoms with Crippen LogP contribution < -0.4 is 5.32 Å². The van der Waals surface area contributed by atoms with Crippen LogP contribution >= 0.6 is 0 Å². The van der Waals surface area contributed by atoms with Crippen molar-refractivity contribution in [1.82, 2.24) is 15.5 Å². The molecule has 21 heavy (non-hydrogen) atoms. The number of hydrogen-bond donors (Lipinski definition) is 2. The van der Waals surface area contributed by atoms with E-state index in [0.717, 1.165) is 0 Å². The minimum absolute atomic E-state index is 0.00145. The molecule has 6 nitrogen and oxygen atoms in total. The molecule has 0 aliphatic rings. The summed E-state index contributed by atoms with van der Waals surface area (Å²) in [5, 5.41) is 15.2. The van der Waals surface area contributed by atoms with Gasteiger partial charge < -0.3 is 14.9 Å². The summed E-state index contributed by atoms with van der Waals surface area (Å²) in [7, 11) is 0. The molecule has 2 rings (SSSR count). The van der Waals surface area contributed by atoms with Crippen molar-refractivity contribution in [3.8, 4) is 11.8 Å². The molecular weight excluding hydrogens is 270 g/mol. The molecule has 1 amide bonds. The smallest absolute Gasteiger partial charge is 0.252 e. The third-order valence-corrected chi connectivity index (χ3v) is 2.61. The molecule has 0 saturated carbocycles. The highest BCUT2D eigenvalue weighted by Gasteiger charge is 2.10. The van der Waals surface area contributed by atoms with E-state index in [0.29, 0.717) is 29.3 Å². The van der Waals surface area contributed by atoms with E-state index in [1.54, 1.807) is 25.1 Å². The van der Waals surface area contributed by atoms with E-state index in [4.69, 9.17) is 9.63 Å². The van der Waals surface area contributed by atoms with E-state index in [2.05, 4.69) is 27.3 Å². The number of aliphatic hydroxyl groups is 1. The van der Waals surface area contributed by atoms with E-state index in [1.165, 1.54) is 0 Å². The van der Waals surface area contributed by atoms with E-state index < -0.39 is 0 Å². The molecular formula is C15H15N3O3. The van der Waals surface area contributed by atoms with Gasteiger partial charge in [0.25, 0.3) is 5.91 Å². The lowest BCUT2D eigenvalue weighted by atomic mass is 10.1. The van der Waals surface area contributed by atoms with Crippen molar-refractivity contribution in [2.24, 2.45) is 0 Å². The van der Waals surface area contributed by atoms with Gasteiger partial charge in [-0.3, -0.25) is 4.79 Å². The molecule has 1 aromatic carbocycles. The zero-order valence-corrected chi connectivity index (χ0v) is 11.6. The topological polar surface area (TPSA) is 88.2 Å². The van der Waals surface area contributed by atoms with Crippen LogP contribution in [0.3, 0.4) is 0 Å². The van der Waals surface area contributed by atoms with Crippen LogP contribution in [0.15, 0.2) is 28.8 Å². The molecule has 1 heterocycles. The van der Waals surface area contributed by atoms with Crippen molar-refractivity contribution in [2.45, 2.75) is 19.9 Å². The molecule has 0 atom stereocenters. The number of nitrogens with one attached hydrogen (secondary N) is 1. The number of hydrogen-bond acceptors (Lipinski definition) is 5. The lowest BCUT2D eigenvalue weighted by Gasteiger charge is -2.04. The quantitative estimate of drug-likeness (QED) is 0.819. The second-order valence-electron chi connectivity index (χ2n) is 4.23. The Morgan fingerprint density at radius 3 is 2.95 bits per heavy atom. The molecule has 1 aromatic heterocycles. The summed E-state index contributed by atoms with van der Waals surface area (Å²) in [6.07, 6.45) is 0.373. The summed E-state index contributed by atoms with van der Waals surface area (Å²) in [6.45, 7) is 1.87. The van der Waals surface area contributed by atoms with Crippen LogP contribution in [0.1, 0.15) is 34.1 Å². The van der Waals surface area contributed by atoms with Gasteiger partial charge in [-0.15, -0.1) is 0 Å². The number of aryl methyl sites for hydroxylation is 1. The Kier molecular flexibility index (Phi) is 5.07. The Labute approximate surface area is 122 Å². The normalized spacial score (nSPS) is 9.81. The molecule has 0 unspecified atom stereocenters. The predicted octanol–water partition coefficient (Wildman–Crippen LogP) is 1.04. The maximum Gasteiger partial charge on any atom is 0.252 e. The third kappa shape index (κ3) is 4.16.